The highest BCUT2D eigenvalue weighted by Gasteiger charge is 2.09. The second-order valence-electron chi connectivity index (χ2n) is 3.09. The van der Waals surface area contributed by atoms with E-state index in [1.807, 2.05) is 18.4 Å². The van der Waals surface area contributed by atoms with E-state index >= 15 is 0 Å². The molecular formula is C7H10N6. The minimum atomic E-state index is 0.293. The van der Waals surface area contributed by atoms with Crippen molar-refractivity contribution in [2.24, 2.45) is 0 Å². The van der Waals surface area contributed by atoms with Crippen LogP contribution in [0, 0.1) is 0 Å². The smallest absolute Gasteiger partial charge is 0.188 e. The summed E-state index contributed by atoms with van der Waals surface area (Å²) in [6.07, 6.45) is 1.70. The van der Waals surface area contributed by atoms with Gasteiger partial charge in [0.15, 0.2) is 17.0 Å². The van der Waals surface area contributed by atoms with E-state index in [1.165, 1.54) is 0 Å². The first-order valence-corrected chi connectivity index (χ1v) is 4.01. The van der Waals surface area contributed by atoms with E-state index in [4.69, 9.17) is 5.73 Å². The molecule has 0 amide bonds. The van der Waals surface area contributed by atoms with Crippen LogP contribution in [0.1, 0.15) is 19.9 Å². The molecule has 0 bridgehead atoms. The quantitative estimate of drug-likeness (QED) is 0.682. The van der Waals surface area contributed by atoms with Crippen LogP contribution in [0.2, 0.25) is 0 Å². The summed E-state index contributed by atoms with van der Waals surface area (Å²) in [6.45, 7) is 4.08. The molecule has 0 spiro atoms. The van der Waals surface area contributed by atoms with E-state index in [1.54, 1.807) is 6.33 Å². The highest BCUT2D eigenvalue weighted by Crippen LogP contribution is 2.16. The summed E-state index contributed by atoms with van der Waals surface area (Å²) in [5.74, 6) is 0.324. The van der Waals surface area contributed by atoms with Gasteiger partial charge in [0.05, 0.1) is 6.33 Å². The van der Waals surface area contributed by atoms with Crippen LogP contribution in [0.3, 0.4) is 0 Å². The third kappa shape index (κ3) is 1.10. The van der Waals surface area contributed by atoms with Gasteiger partial charge < -0.3 is 10.3 Å². The van der Waals surface area contributed by atoms with E-state index in [-0.39, 0.29) is 0 Å². The summed E-state index contributed by atoms with van der Waals surface area (Å²) in [7, 11) is 0. The van der Waals surface area contributed by atoms with Gasteiger partial charge in [0.25, 0.3) is 0 Å². The highest BCUT2D eigenvalue weighted by molar-refractivity contribution is 5.80. The molecular weight excluding hydrogens is 168 g/mol. The molecule has 2 heterocycles. The van der Waals surface area contributed by atoms with Crippen LogP contribution in [-0.4, -0.2) is 25.0 Å². The summed E-state index contributed by atoms with van der Waals surface area (Å²) in [6, 6.07) is 0.293. The van der Waals surface area contributed by atoms with Gasteiger partial charge in [0.2, 0.25) is 0 Å². The largest absolute Gasteiger partial charge is 0.380 e. The minimum absolute atomic E-state index is 0.293. The number of rotatable bonds is 1. The van der Waals surface area contributed by atoms with Gasteiger partial charge in [-0.25, -0.2) is 4.98 Å². The molecule has 68 valence electrons. The minimum Gasteiger partial charge on any atom is -0.380 e. The van der Waals surface area contributed by atoms with Gasteiger partial charge in [0, 0.05) is 6.04 Å². The average Bonchev–Trinajstić information content (AvgIpc) is 2.48. The maximum atomic E-state index is 5.58. The van der Waals surface area contributed by atoms with Crippen molar-refractivity contribution in [2.45, 2.75) is 19.9 Å². The fraction of sp³-hybridized carbons (Fsp3) is 0.429. The topological polar surface area (TPSA) is 82.5 Å². The van der Waals surface area contributed by atoms with Crippen molar-refractivity contribution in [1.82, 2.24) is 25.0 Å². The lowest BCUT2D eigenvalue weighted by molar-refractivity contribution is 0.609. The maximum absolute atomic E-state index is 5.58. The third-order valence-electron chi connectivity index (χ3n) is 1.86. The molecule has 0 aliphatic rings. The van der Waals surface area contributed by atoms with Gasteiger partial charge in [-0.3, -0.25) is 0 Å². The molecule has 0 saturated heterocycles. The molecule has 2 aromatic rings. The summed E-state index contributed by atoms with van der Waals surface area (Å²) in [5.41, 5.74) is 6.88. The van der Waals surface area contributed by atoms with Gasteiger partial charge >= 0.3 is 0 Å². The second-order valence-corrected chi connectivity index (χ2v) is 3.09. The van der Waals surface area contributed by atoms with Crippen molar-refractivity contribution in [3.63, 3.8) is 0 Å². The van der Waals surface area contributed by atoms with Crippen LogP contribution in [-0.2, 0) is 0 Å². The average molecular weight is 178 g/mol. The Morgan fingerprint density at radius 3 is 2.85 bits per heavy atom. The number of fused-ring (bicyclic) bond motifs is 1. The first-order chi connectivity index (χ1) is 6.20. The normalized spacial score (nSPS) is 11.3. The van der Waals surface area contributed by atoms with Crippen molar-refractivity contribution in [3.05, 3.63) is 6.33 Å². The van der Waals surface area contributed by atoms with Crippen LogP contribution in [0.5, 0.6) is 0 Å². The zero-order valence-electron chi connectivity index (χ0n) is 7.47. The predicted molar refractivity (Wildman–Crippen MR) is 47.9 cm³/mol. The molecule has 13 heavy (non-hydrogen) atoms. The highest BCUT2D eigenvalue weighted by atomic mass is 15.4. The van der Waals surface area contributed by atoms with E-state index in [9.17, 15) is 0 Å². The van der Waals surface area contributed by atoms with Crippen LogP contribution in [0.15, 0.2) is 6.33 Å². The van der Waals surface area contributed by atoms with Gasteiger partial charge in [-0.2, -0.15) is 0 Å². The van der Waals surface area contributed by atoms with Crippen LogP contribution in [0.25, 0.3) is 11.2 Å². The van der Waals surface area contributed by atoms with E-state index < -0.39 is 0 Å². The molecule has 0 aliphatic carbocycles. The zero-order chi connectivity index (χ0) is 9.42. The number of aromatic nitrogens is 5. The lowest BCUT2D eigenvalue weighted by atomic mass is 10.4. The third-order valence-corrected chi connectivity index (χ3v) is 1.86. The van der Waals surface area contributed by atoms with E-state index in [0.717, 1.165) is 0 Å². The summed E-state index contributed by atoms with van der Waals surface area (Å²) in [4.78, 5) is 4.11. The van der Waals surface area contributed by atoms with Gasteiger partial charge in [0.1, 0.15) is 0 Å². The Bertz CT molecular complexity index is 431. The van der Waals surface area contributed by atoms with Gasteiger partial charge in [-0.1, -0.05) is 0 Å². The lowest BCUT2D eigenvalue weighted by Crippen LogP contribution is -2.02. The fourth-order valence-electron chi connectivity index (χ4n) is 1.17. The number of nitrogens with zero attached hydrogens (tertiary/aromatic N) is 5. The number of hydrogen-bond donors (Lipinski definition) is 1. The summed E-state index contributed by atoms with van der Waals surface area (Å²) >= 11 is 0. The Morgan fingerprint density at radius 2 is 2.15 bits per heavy atom. The number of nitrogens with two attached hydrogens (primary N) is 1. The molecule has 2 aromatic heterocycles. The zero-order valence-corrected chi connectivity index (χ0v) is 7.47. The standard InChI is InChI=1S/C7H10N6/c1-4(2)13-3-9-5-6(8)10-12-11-7(5)13/h3-4H,1-2H3,(H2,8,10,11). The molecule has 2 N–H and O–H groups in total. The predicted octanol–water partition coefficient (Wildman–Crippen LogP) is 0.384. The SMILES string of the molecule is CC(C)n1cnc2c(N)nnnc21. The van der Waals surface area contributed by atoms with Crippen LogP contribution in [0.4, 0.5) is 5.82 Å². The first kappa shape index (κ1) is 7.90. The molecule has 0 radical (unpaired) electrons. The van der Waals surface area contributed by atoms with Crippen LogP contribution < -0.4 is 5.73 Å². The molecule has 0 unspecified atom stereocenters. The Hall–Kier alpha value is -1.72. The summed E-state index contributed by atoms with van der Waals surface area (Å²) in [5, 5.41) is 11.0. The number of nitrogen functional groups attached to an aromatic ring is 1. The van der Waals surface area contributed by atoms with Crippen molar-refractivity contribution < 1.29 is 0 Å². The Balaban J connectivity index is 2.75. The van der Waals surface area contributed by atoms with E-state index in [2.05, 4.69) is 20.4 Å². The number of anilines is 1. The van der Waals surface area contributed by atoms with Crippen molar-refractivity contribution >= 4 is 17.0 Å². The molecule has 2 rings (SSSR count). The molecule has 6 heteroatoms. The van der Waals surface area contributed by atoms with Crippen LogP contribution >= 0.6 is 0 Å². The fourth-order valence-corrected chi connectivity index (χ4v) is 1.17. The molecule has 0 saturated carbocycles. The monoisotopic (exact) mass is 178 g/mol. The maximum Gasteiger partial charge on any atom is 0.188 e. The molecule has 0 fully saturated rings. The molecule has 6 nitrogen and oxygen atoms in total. The lowest BCUT2D eigenvalue weighted by Gasteiger charge is -2.05. The van der Waals surface area contributed by atoms with Crippen molar-refractivity contribution in [3.8, 4) is 0 Å². The molecule has 0 atom stereocenters. The molecule has 0 aliphatic heterocycles. The second kappa shape index (κ2) is 2.65. The Morgan fingerprint density at radius 1 is 1.38 bits per heavy atom. The van der Waals surface area contributed by atoms with E-state index in [0.29, 0.717) is 23.0 Å². The number of hydrogen-bond acceptors (Lipinski definition) is 5. The Labute approximate surface area is 74.8 Å². The first-order valence-electron chi connectivity index (χ1n) is 4.01. The number of imidazole rings is 1. The van der Waals surface area contributed by atoms with Crippen molar-refractivity contribution in [2.75, 3.05) is 5.73 Å². The van der Waals surface area contributed by atoms with Gasteiger partial charge in [-0.15, -0.1) is 10.2 Å². The van der Waals surface area contributed by atoms with Crippen molar-refractivity contribution in [1.29, 1.82) is 0 Å². The van der Waals surface area contributed by atoms with Gasteiger partial charge in [-0.05, 0) is 19.1 Å². The Kier molecular flexibility index (Phi) is 1.61. The summed E-state index contributed by atoms with van der Waals surface area (Å²) < 4.78 is 1.90. The molecule has 0 aromatic carbocycles.